The molecule has 5 atom stereocenters. The molecule has 2 unspecified atom stereocenters. The molecular weight excluding hydrogens is 540 g/mol. The van der Waals surface area contributed by atoms with Crippen LogP contribution in [-0.2, 0) is 16.1 Å². The van der Waals surface area contributed by atoms with E-state index in [0.717, 1.165) is 36.2 Å². The molecule has 0 aromatic heterocycles. The van der Waals surface area contributed by atoms with Crippen molar-refractivity contribution in [3.05, 3.63) is 101 Å². The van der Waals surface area contributed by atoms with Gasteiger partial charge in [0.25, 0.3) is 11.8 Å². The number of ether oxygens (including phenoxy) is 2. The van der Waals surface area contributed by atoms with Gasteiger partial charge in [0.2, 0.25) is 0 Å². The van der Waals surface area contributed by atoms with Gasteiger partial charge in [0.15, 0.2) is 6.29 Å². The third-order valence-corrected chi connectivity index (χ3v) is 9.77. The number of likely N-dealkylation sites (tertiary alicyclic amines) is 1. The Labute approximate surface area is 253 Å². The van der Waals surface area contributed by atoms with Crippen LogP contribution in [0.1, 0.15) is 96.3 Å². The van der Waals surface area contributed by atoms with Gasteiger partial charge >= 0.3 is 0 Å². The third-order valence-electron chi connectivity index (χ3n) is 9.77. The van der Waals surface area contributed by atoms with Crippen LogP contribution in [0.4, 0.5) is 5.69 Å². The van der Waals surface area contributed by atoms with Crippen molar-refractivity contribution in [3.63, 3.8) is 0 Å². The van der Waals surface area contributed by atoms with Crippen LogP contribution in [-0.4, -0.2) is 47.1 Å². The predicted molar refractivity (Wildman–Crippen MR) is 164 cm³/mol. The monoisotopic (exact) mass is 580 g/mol. The maximum atomic E-state index is 13.2. The van der Waals surface area contributed by atoms with Gasteiger partial charge in [0, 0.05) is 31.1 Å². The maximum absolute atomic E-state index is 13.2. The second-order valence-electron chi connectivity index (χ2n) is 14.1. The van der Waals surface area contributed by atoms with Crippen LogP contribution in [0.15, 0.2) is 72.8 Å². The van der Waals surface area contributed by atoms with E-state index in [1.165, 1.54) is 24.2 Å². The van der Waals surface area contributed by atoms with Gasteiger partial charge in [-0.05, 0) is 65.5 Å². The van der Waals surface area contributed by atoms with Crippen molar-refractivity contribution in [1.82, 2.24) is 4.90 Å². The van der Waals surface area contributed by atoms with E-state index in [1.807, 2.05) is 42.5 Å². The van der Waals surface area contributed by atoms with Gasteiger partial charge in [-0.1, -0.05) is 69.3 Å². The van der Waals surface area contributed by atoms with Gasteiger partial charge in [0.1, 0.15) is 0 Å². The summed E-state index contributed by atoms with van der Waals surface area (Å²) in [7, 11) is 0. The summed E-state index contributed by atoms with van der Waals surface area (Å²) in [5.74, 6) is -0.640. The van der Waals surface area contributed by atoms with E-state index in [4.69, 9.17) is 9.47 Å². The number of anilines is 1. The molecular formula is C36H40N2O5. The van der Waals surface area contributed by atoms with Crippen LogP contribution in [0, 0.1) is 10.8 Å². The zero-order valence-electron chi connectivity index (χ0n) is 25.2. The maximum Gasteiger partial charge on any atom is 0.266 e. The molecule has 43 heavy (non-hydrogen) atoms. The number of carbonyl (C=O) groups excluding carboxylic acids is 2. The van der Waals surface area contributed by atoms with Crippen LogP contribution in [0.3, 0.4) is 0 Å². The number of hydrogen-bond acceptors (Lipinski definition) is 6. The van der Waals surface area contributed by atoms with Crippen molar-refractivity contribution in [2.24, 2.45) is 10.8 Å². The number of carbonyl (C=O) groups is 2. The van der Waals surface area contributed by atoms with E-state index in [1.54, 1.807) is 30.3 Å². The Morgan fingerprint density at radius 3 is 2.28 bits per heavy atom. The minimum absolute atomic E-state index is 0.00374. The van der Waals surface area contributed by atoms with Gasteiger partial charge < -0.3 is 14.6 Å². The van der Waals surface area contributed by atoms with Crippen molar-refractivity contribution in [2.75, 3.05) is 18.0 Å². The highest BCUT2D eigenvalue weighted by molar-refractivity contribution is 6.34. The molecule has 1 N–H and O–H groups in total. The van der Waals surface area contributed by atoms with E-state index < -0.39 is 6.29 Å². The molecule has 7 rings (SSSR count). The van der Waals surface area contributed by atoms with Crippen LogP contribution >= 0.6 is 0 Å². The molecule has 2 saturated heterocycles. The lowest BCUT2D eigenvalue weighted by molar-refractivity contribution is -0.253. The molecule has 0 radical (unpaired) electrons. The van der Waals surface area contributed by atoms with Crippen molar-refractivity contribution >= 4 is 17.5 Å². The Bertz CT molecular complexity index is 1520. The standard InChI is InChI=1S/C36H40N2O5/c1-35(2)17-27-18-36(3,21-35)22-37(27)19-28-16-31(24-13-11-23(20-39)12-14-24)43-34(42-28)25-7-6-8-26(15-25)38-32(40)29-9-4-5-10-30(29)33(38)41/h4-15,27-28,31,34,39H,16-22H2,1-3H3/t27?,28-,31+,34+,36?/m0/s1. The highest BCUT2D eigenvalue weighted by Crippen LogP contribution is 2.53. The molecule has 3 aromatic carbocycles. The first-order valence-corrected chi connectivity index (χ1v) is 15.4. The van der Waals surface area contributed by atoms with E-state index in [2.05, 4.69) is 25.7 Å². The number of benzene rings is 3. The third kappa shape index (κ3) is 5.33. The molecule has 3 heterocycles. The van der Waals surface area contributed by atoms with Gasteiger partial charge in [-0.25, -0.2) is 4.90 Å². The van der Waals surface area contributed by atoms with E-state index in [0.29, 0.717) is 33.7 Å². The fraction of sp³-hybridized carbons (Fsp3) is 0.444. The Kier molecular flexibility index (Phi) is 7.05. The number of aliphatic hydroxyl groups excluding tert-OH is 1. The van der Waals surface area contributed by atoms with E-state index >= 15 is 0 Å². The zero-order valence-corrected chi connectivity index (χ0v) is 25.2. The average Bonchev–Trinajstić information content (AvgIpc) is 3.39. The van der Waals surface area contributed by atoms with E-state index in [9.17, 15) is 14.7 Å². The predicted octanol–water partition coefficient (Wildman–Crippen LogP) is 6.43. The number of imide groups is 1. The normalized spacial score (nSPS) is 30.1. The lowest BCUT2D eigenvalue weighted by Crippen LogP contribution is -2.42. The van der Waals surface area contributed by atoms with Crippen molar-refractivity contribution in [2.45, 2.75) is 77.6 Å². The number of aliphatic hydroxyl groups is 1. The van der Waals surface area contributed by atoms with Crippen LogP contribution in [0.2, 0.25) is 0 Å². The van der Waals surface area contributed by atoms with Gasteiger partial charge in [-0.3, -0.25) is 14.5 Å². The number of fused-ring (bicyclic) bond motifs is 3. The molecule has 1 aliphatic carbocycles. The van der Waals surface area contributed by atoms with Crippen molar-refractivity contribution in [3.8, 4) is 0 Å². The highest BCUT2D eigenvalue weighted by Gasteiger charge is 2.50. The molecule has 2 amide bonds. The van der Waals surface area contributed by atoms with Crippen LogP contribution in [0.5, 0.6) is 0 Å². The molecule has 224 valence electrons. The van der Waals surface area contributed by atoms with Crippen LogP contribution in [0.25, 0.3) is 0 Å². The summed E-state index contributed by atoms with van der Waals surface area (Å²) in [6, 6.07) is 22.8. The molecule has 7 nitrogen and oxygen atoms in total. The fourth-order valence-corrected chi connectivity index (χ4v) is 8.32. The molecule has 3 aromatic rings. The topological polar surface area (TPSA) is 79.3 Å². The first-order chi connectivity index (χ1) is 20.6. The Morgan fingerprint density at radius 2 is 1.58 bits per heavy atom. The summed E-state index contributed by atoms with van der Waals surface area (Å²) in [6.45, 7) is 9.14. The van der Waals surface area contributed by atoms with Gasteiger partial charge in [-0.2, -0.15) is 0 Å². The molecule has 4 aliphatic rings. The minimum atomic E-state index is -0.662. The SMILES string of the molecule is CC1(C)CC2CC(C)(CN2C[C@@H]2C[C@H](c3ccc(CO)cc3)O[C@H](c3cccc(N4C(=O)c5ccccc5C4=O)c3)O2)C1. The highest BCUT2D eigenvalue weighted by atomic mass is 16.7. The number of amides is 2. The Balaban J connectivity index is 1.17. The first kappa shape index (κ1) is 28.4. The summed E-state index contributed by atoms with van der Waals surface area (Å²) >= 11 is 0. The van der Waals surface area contributed by atoms with Crippen molar-refractivity contribution < 1.29 is 24.2 Å². The summed E-state index contributed by atoms with van der Waals surface area (Å²) in [4.78, 5) is 30.3. The lowest BCUT2D eigenvalue weighted by Gasteiger charge is -2.41. The second kappa shape index (κ2) is 10.7. The molecule has 7 heteroatoms. The molecule has 3 fully saturated rings. The molecule has 3 aliphatic heterocycles. The molecule has 0 spiro atoms. The van der Waals surface area contributed by atoms with Crippen LogP contribution < -0.4 is 4.90 Å². The molecule has 1 saturated carbocycles. The lowest BCUT2D eigenvalue weighted by atomic mass is 9.65. The summed E-state index contributed by atoms with van der Waals surface area (Å²) in [5, 5.41) is 9.57. The quantitative estimate of drug-likeness (QED) is 0.339. The minimum Gasteiger partial charge on any atom is -0.392 e. The summed E-state index contributed by atoms with van der Waals surface area (Å²) in [6.07, 6.45) is 3.47. The first-order valence-electron chi connectivity index (χ1n) is 15.4. The van der Waals surface area contributed by atoms with Gasteiger partial charge in [-0.15, -0.1) is 0 Å². The summed E-state index contributed by atoms with van der Waals surface area (Å²) < 4.78 is 13.3. The van der Waals surface area contributed by atoms with Gasteiger partial charge in [0.05, 0.1) is 35.6 Å². The fourth-order valence-electron chi connectivity index (χ4n) is 8.32. The average molecular weight is 581 g/mol. The van der Waals surface area contributed by atoms with Crippen molar-refractivity contribution in [1.29, 1.82) is 0 Å². The Hall–Kier alpha value is -3.36. The number of hydrogen-bond donors (Lipinski definition) is 1. The largest absolute Gasteiger partial charge is 0.392 e. The Morgan fingerprint density at radius 1 is 0.860 bits per heavy atom. The summed E-state index contributed by atoms with van der Waals surface area (Å²) in [5.41, 5.74) is 4.68. The zero-order chi connectivity index (χ0) is 29.9. The smallest absolute Gasteiger partial charge is 0.266 e. The van der Waals surface area contributed by atoms with E-state index in [-0.39, 0.29) is 30.6 Å². The number of rotatable bonds is 6. The number of nitrogens with zero attached hydrogens (tertiary/aromatic N) is 2. The molecule has 2 bridgehead atoms. The second-order valence-corrected chi connectivity index (χ2v) is 14.1.